The molecule has 3 rings (SSSR count). The standard InChI is InChI=1S/C15H8F3NO3/c16-15(17,18)10-4-1-8(2-5-10)13-19-11-6-3-9(14(20)21)7-12(11)22-13/h1-7H,(H,20,21). The van der Waals surface area contributed by atoms with Gasteiger partial charge in [-0.15, -0.1) is 0 Å². The van der Waals surface area contributed by atoms with Gasteiger partial charge in [0.2, 0.25) is 5.89 Å². The molecule has 0 fully saturated rings. The van der Waals surface area contributed by atoms with Gasteiger partial charge in [0.1, 0.15) is 5.52 Å². The van der Waals surface area contributed by atoms with Gasteiger partial charge in [-0.2, -0.15) is 13.2 Å². The molecule has 0 unspecified atom stereocenters. The first-order valence-electron chi connectivity index (χ1n) is 6.16. The number of benzene rings is 2. The van der Waals surface area contributed by atoms with Gasteiger partial charge in [-0.25, -0.2) is 9.78 Å². The zero-order valence-corrected chi connectivity index (χ0v) is 10.9. The van der Waals surface area contributed by atoms with Crippen molar-refractivity contribution in [3.8, 4) is 11.5 Å². The third kappa shape index (κ3) is 2.52. The van der Waals surface area contributed by atoms with Crippen LogP contribution in [0.3, 0.4) is 0 Å². The summed E-state index contributed by atoms with van der Waals surface area (Å²) in [5.41, 5.74) is 0.346. The van der Waals surface area contributed by atoms with Crippen LogP contribution in [0, 0.1) is 0 Å². The van der Waals surface area contributed by atoms with E-state index in [9.17, 15) is 18.0 Å². The van der Waals surface area contributed by atoms with Crippen molar-refractivity contribution in [2.24, 2.45) is 0 Å². The van der Waals surface area contributed by atoms with Crippen molar-refractivity contribution in [2.75, 3.05) is 0 Å². The Bertz CT molecular complexity index is 851. The van der Waals surface area contributed by atoms with Gasteiger partial charge in [-0.05, 0) is 42.5 Å². The number of carboxylic acids is 1. The molecule has 0 atom stereocenters. The van der Waals surface area contributed by atoms with Crippen LogP contribution in [0.5, 0.6) is 0 Å². The molecule has 1 heterocycles. The maximum Gasteiger partial charge on any atom is 0.416 e. The summed E-state index contributed by atoms with van der Waals surface area (Å²) in [5.74, 6) is -0.972. The molecular weight excluding hydrogens is 299 g/mol. The third-order valence-electron chi connectivity index (χ3n) is 3.09. The lowest BCUT2D eigenvalue weighted by Gasteiger charge is -2.05. The number of aromatic carboxylic acids is 1. The molecule has 0 spiro atoms. The Hall–Kier alpha value is -2.83. The van der Waals surface area contributed by atoms with E-state index < -0.39 is 17.7 Å². The van der Waals surface area contributed by atoms with Crippen molar-refractivity contribution in [1.29, 1.82) is 0 Å². The molecule has 0 aliphatic heterocycles. The van der Waals surface area contributed by atoms with Crippen LogP contribution in [0.15, 0.2) is 46.9 Å². The molecule has 3 aromatic rings. The van der Waals surface area contributed by atoms with E-state index in [0.29, 0.717) is 11.1 Å². The van der Waals surface area contributed by atoms with Crippen LogP contribution in [0.25, 0.3) is 22.6 Å². The van der Waals surface area contributed by atoms with Gasteiger partial charge in [-0.1, -0.05) is 0 Å². The van der Waals surface area contributed by atoms with Gasteiger partial charge >= 0.3 is 12.1 Å². The van der Waals surface area contributed by atoms with Crippen molar-refractivity contribution in [2.45, 2.75) is 6.18 Å². The maximum absolute atomic E-state index is 12.5. The van der Waals surface area contributed by atoms with Crippen molar-refractivity contribution in [1.82, 2.24) is 4.98 Å². The lowest BCUT2D eigenvalue weighted by molar-refractivity contribution is -0.137. The quantitative estimate of drug-likeness (QED) is 0.770. The van der Waals surface area contributed by atoms with Gasteiger partial charge < -0.3 is 9.52 Å². The Kier molecular flexibility index (Phi) is 3.13. The van der Waals surface area contributed by atoms with Crippen molar-refractivity contribution in [3.05, 3.63) is 53.6 Å². The second-order valence-corrected chi connectivity index (χ2v) is 4.58. The Morgan fingerprint density at radius 1 is 1.09 bits per heavy atom. The van der Waals surface area contributed by atoms with Crippen LogP contribution < -0.4 is 0 Å². The number of carboxylic acid groups (broad SMARTS) is 1. The topological polar surface area (TPSA) is 63.3 Å². The van der Waals surface area contributed by atoms with Crippen molar-refractivity contribution < 1.29 is 27.5 Å². The second kappa shape index (κ2) is 4.87. The molecule has 0 bridgehead atoms. The van der Waals surface area contributed by atoms with E-state index in [-0.39, 0.29) is 17.0 Å². The number of hydrogen-bond acceptors (Lipinski definition) is 3. The summed E-state index contributed by atoms with van der Waals surface area (Å²) in [6, 6.07) is 8.56. The number of fused-ring (bicyclic) bond motifs is 1. The van der Waals surface area contributed by atoms with E-state index in [1.807, 2.05) is 0 Å². The summed E-state index contributed by atoms with van der Waals surface area (Å²) < 4.78 is 43.0. The first-order valence-corrected chi connectivity index (χ1v) is 6.16. The van der Waals surface area contributed by atoms with E-state index in [4.69, 9.17) is 9.52 Å². The number of nitrogens with zero attached hydrogens (tertiary/aromatic N) is 1. The molecule has 2 aromatic carbocycles. The monoisotopic (exact) mass is 307 g/mol. The van der Waals surface area contributed by atoms with Gasteiger partial charge in [0.25, 0.3) is 0 Å². The number of hydrogen-bond donors (Lipinski definition) is 1. The Morgan fingerprint density at radius 2 is 1.77 bits per heavy atom. The second-order valence-electron chi connectivity index (χ2n) is 4.58. The molecule has 4 nitrogen and oxygen atoms in total. The van der Waals surface area contributed by atoms with E-state index in [1.54, 1.807) is 0 Å². The fourth-order valence-corrected chi connectivity index (χ4v) is 1.98. The zero-order valence-electron chi connectivity index (χ0n) is 10.9. The first-order chi connectivity index (χ1) is 10.3. The third-order valence-corrected chi connectivity index (χ3v) is 3.09. The Labute approximate surface area is 121 Å². The summed E-state index contributed by atoms with van der Waals surface area (Å²) in [4.78, 5) is 15.0. The highest BCUT2D eigenvalue weighted by Crippen LogP contribution is 2.31. The number of rotatable bonds is 2. The molecular formula is C15H8F3NO3. The van der Waals surface area contributed by atoms with Crippen LogP contribution >= 0.6 is 0 Å². The average Bonchev–Trinajstić information content (AvgIpc) is 2.89. The van der Waals surface area contributed by atoms with Crippen LogP contribution in [0.4, 0.5) is 13.2 Å². The van der Waals surface area contributed by atoms with E-state index in [0.717, 1.165) is 12.1 Å². The predicted octanol–water partition coefficient (Wildman–Crippen LogP) is 4.21. The van der Waals surface area contributed by atoms with Gasteiger partial charge in [0.15, 0.2) is 5.58 Å². The predicted molar refractivity (Wildman–Crippen MR) is 71.4 cm³/mol. The highest BCUT2D eigenvalue weighted by molar-refractivity contribution is 5.92. The first kappa shape index (κ1) is 14.1. The average molecular weight is 307 g/mol. The molecule has 112 valence electrons. The molecule has 0 radical (unpaired) electrons. The highest BCUT2D eigenvalue weighted by atomic mass is 19.4. The number of carbonyl (C=O) groups is 1. The molecule has 1 aromatic heterocycles. The minimum atomic E-state index is -4.41. The van der Waals surface area contributed by atoms with Crippen molar-refractivity contribution >= 4 is 17.1 Å². The number of oxazole rings is 1. The number of alkyl halides is 3. The molecule has 22 heavy (non-hydrogen) atoms. The summed E-state index contributed by atoms with van der Waals surface area (Å²) in [5, 5.41) is 8.91. The highest BCUT2D eigenvalue weighted by Gasteiger charge is 2.30. The lowest BCUT2D eigenvalue weighted by atomic mass is 10.1. The molecule has 7 heteroatoms. The minimum absolute atomic E-state index is 0.0441. The number of aromatic nitrogens is 1. The smallest absolute Gasteiger partial charge is 0.416 e. The van der Waals surface area contributed by atoms with Gasteiger partial charge in [-0.3, -0.25) is 0 Å². The van der Waals surface area contributed by atoms with E-state index in [2.05, 4.69) is 4.98 Å². The molecule has 0 aliphatic rings. The normalized spacial score (nSPS) is 11.8. The van der Waals surface area contributed by atoms with Crippen LogP contribution in [0.2, 0.25) is 0 Å². The Morgan fingerprint density at radius 3 is 2.36 bits per heavy atom. The largest absolute Gasteiger partial charge is 0.478 e. The van der Waals surface area contributed by atoms with Crippen LogP contribution in [-0.4, -0.2) is 16.1 Å². The summed E-state index contributed by atoms with van der Waals surface area (Å²) >= 11 is 0. The Balaban J connectivity index is 2.01. The fraction of sp³-hybridized carbons (Fsp3) is 0.0667. The van der Waals surface area contributed by atoms with Crippen LogP contribution in [-0.2, 0) is 6.18 Å². The van der Waals surface area contributed by atoms with Gasteiger partial charge in [0.05, 0.1) is 11.1 Å². The molecule has 0 amide bonds. The van der Waals surface area contributed by atoms with Crippen LogP contribution in [0.1, 0.15) is 15.9 Å². The molecule has 0 saturated carbocycles. The number of halogens is 3. The molecule has 1 N–H and O–H groups in total. The summed E-state index contributed by atoms with van der Waals surface area (Å²) in [6.45, 7) is 0. The fourth-order valence-electron chi connectivity index (χ4n) is 1.98. The molecule has 0 saturated heterocycles. The van der Waals surface area contributed by atoms with E-state index in [1.165, 1.54) is 30.3 Å². The zero-order chi connectivity index (χ0) is 15.9. The lowest BCUT2D eigenvalue weighted by Crippen LogP contribution is -2.03. The summed E-state index contributed by atoms with van der Waals surface area (Å²) in [6.07, 6.45) is -4.41. The maximum atomic E-state index is 12.5. The van der Waals surface area contributed by atoms with Gasteiger partial charge in [0, 0.05) is 5.56 Å². The van der Waals surface area contributed by atoms with E-state index >= 15 is 0 Å². The summed E-state index contributed by atoms with van der Waals surface area (Å²) in [7, 11) is 0. The SMILES string of the molecule is O=C(O)c1ccc2nc(-c3ccc(C(F)(F)F)cc3)oc2c1. The molecule has 0 aliphatic carbocycles. The minimum Gasteiger partial charge on any atom is -0.478 e. The van der Waals surface area contributed by atoms with Crippen molar-refractivity contribution in [3.63, 3.8) is 0 Å².